The standard InChI is InChI=1S/C41H51IN4O9/c1-6-7-22-46(49)39(47)43-32-27-30(41(18-19-42)17-16-33(55-41)29-25-34(50-2)38(53-5)35(26-29)51-3)28-36(52-4)37(32)54-24-23-45(31-14-10-8-11-15-31)40(48)44-20-12-9-13-21-44/h8-15,20,25-28,33,49H,6-7,16-19,21-24H2,1-5H3,(H,43,47). The van der Waals surface area contributed by atoms with Crippen molar-refractivity contribution < 1.29 is 43.2 Å². The number of rotatable bonds is 17. The third kappa shape index (κ3) is 9.77. The summed E-state index contributed by atoms with van der Waals surface area (Å²) >= 11 is 2.35. The maximum Gasteiger partial charge on any atom is 0.345 e. The number of ether oxygens (including phenoxy) is 6. The molecule has 0 saturated carbocycles. The summed E-state index contributed by atoms with van der Waals surface area (Å²) in [7, 11) is 6.27. The number of alkyl halides is 1. The number of nitrogens with zero attached hydrogens (tertiary/aromatic N) is 3. The van der Waals surface area contributed by atoms with Gasteiger partial charge in [-0.05, 0) is 79.3 Å². The van der Waals surface area contributed by atoms with Gasteiger partial charge in [0.15, 0.2) is 23.0 Å². The van der Waals surface area contributed by atoms with E-state index in [0.717, 1.165) is 22.0 Å². The Kier molecular flexibility index (Phi) is 14.9. The average Bonchev–Trinajstić information content (AvgIpc) is 3.66. The lowest BCUT2D eigenvalue weighted by atomic mass is 9.87. The number of nitrogens with one attached hydrogen (secondary N) is 1. The third-order valence-electron chi connectivity index (χ3n) is 9.66. The van der Waals surface area contributed by atoms with E-state index >= 15 is 0 Å². The Balaban J connectivity index is 1.49. The van der Waals surface area contributed by atoms with Crippen LogP contribution in [-0.4, -0.2) is 86.3 Å². The number of carbonyl (C=O) groups is 2. The molecule has 2 heterocycles. The Bertz CT molecular complexity index is 1800. The second kappa shape index (κ2) is 19.8. The molecule has 5 rings (SSSR count). The number of unbranched alkanes of at least 4 members (excludes halogenated alkanes) is 1. The third-order valence-corrected chi connectivity index (χ3v) is 10.2. The number of allylic oxidation sites excluding steroid dienone is 2. The highest BCUT2D eigenvalue weighted by atomic mass is 127. The highest BCUT2D eigenvalue weighted by Crippen LogP contribution is 2.52. The van der Waals surface area contributed by atoms with Crippen LogP contribution in [0.4, 0.5) is 21.0 Å². The SMILES string of the molecule is CCCCN(O)C(=O)Nc1cc(C2(CCI)CCC(c3cc(OC)c(OC)c(OC)c3)O2)cc(OC)c1OCCN(C(=O)N1C=CC=CC1)c1ccccc1. The number of halogens is 1. The Morgan fingerprint density at radius 1 is 0.964 bits per heavy atom. The molecule has 13 nitrogen and oxygen atoms in total. The number of hydrogen-bond donors (Lipinski definition) is 2. The maximum atomic E-state index is 13.7. The molecule has 0 aliphatic carbocycles. The van der Waals surface area contributed by atoms with Crippen molar-refractivity contribution in [2.75, 3.05) is 69.3 Å². The fourth-order valence-electron chi connectivity index (χ4n) is 6.76. The molecule has 2 aliphatic rings. The number of carbonyl (C=O) groups excluding carboxylic acids is 2. The fraction of sp³-hybridized carbons (Fsp3) is 0.415. The Morgan fingerprint density at radius 3 is 2.29 bits per heavy atom. The van der Waals surface area contributed by atoms with Crippen LogP contribution in [0.15, 0.2) is 79.0 Å². The van der Waals surface area contributed by atoms with E-state index in [4.69, 9.17) is 28.4 Å². The molecule has 1 fully saturated rings. The van der Waals surface area contributed by atoms with E-state index in [1.807, 2.05) is 79.7 Å². The Labute approximate surface area is 336 Å². The van der Waals surface area contributed by atoms with Gasteiger partial charge in [-0.25, -0.2) is 14.7 Å². The highest BCUT2D eigenvalue weighted by Gasteiger charge is 2.43. The topological polar surface area (TPSA) is 132 Å². The van der Waals surface area contributed by atoms with E-state index in [1.54, 1.807) is 37.3 Å². The van der Waals surface area contributed by atoms with Gasteiger partial charge in [0.1, 0.15) is 6.61 Å². The van der Waals surface area contributed by atoms with Crippen molar-refractivity contribution in [1.82, 2.24) is 9.96 Å². The number of amides is 4. The van der Waals surface area contributed by atoms with Crippen LogP contribution < -0.4 is 33.9 Å². The van der Waals surface area contributed by atoms with E-state index in [-0.39, 0.29) is 37.6 Å². The molecule has 2 unspecified atom stereocenters. The summed E-state index contributed by atoms with van der Waals surface area (Å²) < 4.78 is 36.9. The van der Waals surface area contributed by atoms with Gasteiger partial charge in [0, 0.05) is 22.9 Å². The van der Waals surface area contributed by atoms with Crippen molar-refractivity contribution in [1.29, 1.82) is 0 Å². The maximum absolute atomic E-state index is 13.7. The molecule has 2 atom stereocenters. The lowest BCUT2D eigenvalue weighted by Gasteiger charge is -2.32. The lowest BCUT2D eigenvalue weighted by Crippen LogP contribution is -2.43. The van der Waals surface area contributed by atoms with Crippen LogP contribution in [0.5, 0.6) is 28.7 Å². The summed E-state index contributed by atoms with van der Waals surface area (Å²) in [5, 5.41) is 14.2. The molecule has 0 radical (unpaired) electrons. The molecule has 14 heteroatoms. The molecule has 0 spiro atoms. The first-order chi connectivity index (χ1) is 26.7. The van der Waals surface area contributed by atoms with Crippen molar-refractivity contribution in [3.63, 3.8) is 0 Å². The minimum absolute atomic E-state index is 0.0594. The number of para-hydroxylation sites is 1. The predicted octanol–water partition coefficient (Wildman–Crippen LogP) is 8.71. The van der Waals surface area contributed by atoms with Crippen LogP contribution >= 0.6 is 22.6 Å². The lowest BCUT2D eigenvalue weighted by molar-refractivity contribution is -0.0488. The summed E-state index contributed by atoms with van der Waals surface area (Å²) in [6.45, 7) is 2.83. The van der Waals surface area contributed by atoms with E-state index in [2.05, 4.69) is 27.9 Å². The van der Waals surface area contributed by atoms with Gasteiger partial charge in [-0.3, -0.25) is 15.0 Å². The summed E-state index contributed by atoms with van der Waals surface area (Å²) in [6, 6.07) is 16.0. The van der Waals surface area contributed by atoms with Gasteiger partial charge in [-0.15, -0.1) is 0 Å². The Hall–Kier alpha value is -4.67. The minimum atomic E-state index is -0.758. The molecule has 3 aromatic carbocycles. The number of urea groups is 2. The summed E-state index contributed by atoms with van der Waals surface area (Å²) in [5.74, 6) is 2.19. The van der Waals surface area contributed by atoms with Gasteiger partial charge < -0.3 is 33.7 Å². The van der Waals surface area contributed by atoms with Crippen LogP contribution in [0.1, 0.15) is 56.3 Å². The first kappa shape index (κ1) is 41.5. The van der Waals surface area contributed by atoms with Crippen molar-refractivity contribution >= 4 is 46.0 Å². The minimum Gasteiger partial charge on any atom is -0.493 e. The molecular weight excluding hydrogens is 819 g/mol. The van der Waals surface area contributed by atoms with E-state index in [9.17, 15) is 14.8 Å². The molecule has 2 aliphatic heterocycles. The predicted molar refractivity (Wildman–Crippen MR) is 219 cm³/mol. The zero-order chi connectivity index (χ0) is 39.4. The van der Waals surface area contributed by atoms with Gasteiger partial charge in [0.25, 0.3) is 0 Å². The highest BCUT2D eigenvalue weighted by molar-refractivity contribution is 14.1. The van der Waals surface area contributed by atoms with Crippen LogP contribution in [0.25, 0.3) is 0 Å². The van der Waals surface area contributed by atoms with Crippen LogP contribution in [0, 0.1) is 0 Å². The summed E-state index contributed by atoms with van der Waals surface area (Å²) in [5.41, 5.74) is 1.91. The van der Waals surface area contributed by atoms with Crippen LogP contribution in [0.3, 0.4) is 0 Å². The van der Waals surface area contributed by atoms with E-state index in [1.165, 1.54) is 7.11 Å². The Morgan fingerprint density at radius 2 is 1.67 bits per heavy atom. The molecule has 55 heavy (non-hydrogen) atoms. The zero-order valence-electron chi connectivity index (χ0n) is 32.1. The van der Waals surface area contributed by atoms with E-state index < -0.39 is 11.6 Å². The van der Waals surface area contributed by atoms with Crippen molar-refractivity contribution in [2.45, 2.75) is 50.7 Å². The van der Waals surface area contributed by atoms with E-state index in [0.29, 0.717) is 71.7 Å². The fourth-order valence-corrected chi connectivity index (χ4v) is 7.64. The van der Waals surface area contributed by atoms with Crippen molar-refractivity contribution in [3.8, 4) is 28.7 Å². The van der Waals surface area contributed by atoms with Gasteiger partial charge in [-0.1, -0.05) is 66.3 Å². The second-order valence-corrected chi connectivity index (χ2v) is 14.1. The smallest absolute Gasteiger partial charge is 0.345 e. The zero-order valence-corrected chi connectivity index (χ0v) is 34.2. The first-order valence-electron chi connectivity index (χ1n) is 18.3. The second-order valence-electron chi connectivity index (χ2n) is 13.0. The number of anilines is 2. The number of methoxy groups -OCH3 is 4. The summed E-state index contributed by atoms with van der Waals surface area (Å²) in [4.78, 5) is 30.4. The quantitative estimate of drug-likeness (QED) is 0.0592. The molecule has 4 amide bonds. The molecule has 0 bridgehead atoms. The average molecular weight is 871 g/mol. The number of hydrogen-bond acceptors (Lipinski definition) is 9. The molecular formula is C41H51IN4O9. The molecule has 0 aromatic heterocycles. The molecule has 296 valence electrons. The molecule has 2 N–H and O–H groups in total. The van der Waals surface area contributed by atoms with Gasteiger partial charge >= 0.3 is 12.1 Å². The van der Waals surface area contributed by atoms with Crippen LogP contribution in [0.2, 0.25) is 0 Å². The van der Waals surface area contributed by atoms with Crippen molar-refractivity contribution in [3.05, 3.63) is 90.2 Å². The first-order valence-corrected chi connectivity index (χ1v) is 19.9. The molecule has 1 saturated heterocycles. The van der Waals surface area contributed by atoms with Crippen LogP contribution in [-0.2, 0) is 10.3 Å². The normalized spacial score (nSPS) is 17.4. The van der Waals surface area contributed by atoms with Gasteiger partial charge in [0.2, 0.25) is 5.75 Å². The monoisotopic (exact) mass is 870 g/mol. The van der Waals surface area contributed by atoms with Crippen molar-refractivity contribution in [2.24, 2.45) is 0 Å². The van der Waals surface area contributed by atoms with Gasteiger partial charge in [-0.2, -0.15) is 0 Å². The largest absolute Gasteiger partial charge is 0.493 e. The van der Waals surface area contributed by atoms with Gasteiger partial charge in [0.05, 0.1) is 58.9 Å². The molecule has 3 aromatic rings. The number of benzene rings is 3. The summed E-state index contributed by atoms with van der Waals surface area (Å²) in [6.07, 6.45) is 10.5. The number of hydroxylamine groups is 2.